The summed E-state index contributed by atoms with van der Waals surface area (Å²) in [5.41, 5.74) is 3.36. The highest BCUT2D eigenvalue weighted by molar-refractivity contribution is 7.97. The zero-order valence-electron chi connectivity index (χ0n) is 10.5. The Kier molecular flexibility index (Phi) is 3.57. The second-order valence-electron chi connectivity index (χ2n) is 4.23. The third kappa shape index (κ3) is 2.25. The molecule has 0 N–H and O–H groups in total. The molecule has 2 aromatic rings. The van der Waals surface area contributed by atoms with E-state index >= 15 is 0 Å². The van der Waals surface area contributed by atoms with E-state index in [0.29, 0.717) is 0 Å². The maximum Gasteiger partial charge on any atom is 0.193 e. The fraction of sp³-hybridized carbons (Fsp3) is 0.357. The number of benzene rings is 1. The van der Waals surface area contributed by atoms with Gasteiger partial charge in [0.2, 0.25) is 0 Å². The monoisotopic (exact) mass is 247 g/mol. The van der Waals surface area contributed by atoms with E-state index < -0.39 is 0 Å². The Morgan fingerprint density at radius 1 is 1.35 bits per heavy atom. The van der Waals surface area contributed by atoms with Crippen LogP contribution in [0.2, 0.25) is 0 Å². The summed E-state index contributed by atoms with van der Waals surface area (Å²) in [6.45, 7) is 2.13. The lowest BCUT2D eigenvalue weighted by atomic mass is 10.1. The minimum Gasteiger partial charge on any atom is -0.350 e. The van der Waals surface area contributed by atoms with E-state index in [2.05, 4.69) is 17.6 Å². The van der Waals surface area contributed by atoms with Gasteiger partial charge in [-0.15, -0.1) is 0 Å². The van der Waals surface area contributed by atoms with Gasteiger partial charge in [-0.1, -0.05) is 13.0 Å². The van der Waals surface area contributed by atoms with Gasteiger partial charge in [-0.25, -0.2) is 0 Å². The lowest BCUT2D eigenvalue weighted by Crippen LogP contribution is -2.12. The summed E-state index contributed by atoms with van der Waals surface area (Å²) in [7, 11) is 2.00. The van der Waals surface area contributed by atoms with Crippen LogP contribution in [0.1, 0.15) is 18.1 Å². The van der Waals surface area contributed by atoms with Crippen LogP contribution in [-0.2, 0) is 19.2 Å². The first-order valence-electron chi connectivity index (χ1n) is 5.77. The molecule has 0 saturated carbocycles. The zero-order chi connectivity index (χ0) is 12.4. The van der Waals surface area contributed by atoms with Crippen LogP contribution in [-0.4, -0.2) is 10.8 Å². The van der Waals surface area contributed by atoms with Crippen molar-refractivity contribution in [3.05, 3.63) is 45.7 Å². The number of rotatable bonds is 3. The molecule has 0 aliphatic heterocycles. The van der Waals surface area contributed by atoms with Crippen LogP contribution in [0.3, 0.4) is 0 Å². The molecule has 0 amide bonds. The van der Waals surface area contributed by atoms with Crippen molar-refractivity contribution in [2.75, 3.05) is 6.26 Å². The topological polar surface area (TPSA) is 22.0 Å². The molecule has 0 fully saturated rings. The highest BCUT2D eigenvalue weighted by Crippen LogP contribution is 2.15. The van der Waals surface area contributed by atoms with E-state index in [-0.39, 0.29) is 5.43 Å². The second-order valence-corrected chi connectivity index (χ2v) is 5.10. The first-order valence-corrected chi connectivity index (χ1v) is 7.16. The molecule has 3 heteroatoms. The first-order chi connectivity index (χ1) is 8.17. The van der Waals surface area contributed by atoms with Gasteiger partial charge >= 0.3 is 0 Å². The van der Waals surface area contributed by atoms with Crippen molar-refractivity contribution in [2.45, 2.75) is 19.1 Å². The lowest BCUT2D eigenvalue weighted by Gasteiger charge is -2.09. The summed E-state index contributed by atoms with van der Waals surface area (Å²) in [5.74, 6) is 0.776. The number of fused-ring (bicyclic) bond motifs is 1. The van der Waals surface area contributed by atoms with Gasteiger partial charge < -0.3 is 4.57 Å². The number of nitrogens with zero attached hydrogens (tertiary/aromatic N) is 1. The van der Waals surface area contributed by atoms with Crippen molar-refractivity contribution in [2.24, 2.45) is 7.05 Å². The summed E-state index contributed by atoms with van der Waals surface area (Å²) in [4.78, 5) is 12.2. The molecular formula is C14H17NOS. The smallest absolute Gasteiger partial charge is 0.193 e. The molecule has 2 nitrogen and oxygen atoms in total. The highest BCUT2D eigenvalue weighted by atomic mass is 32.2. The molecular weight excluding hydrogens is 230 g/mol. The minimum atomic E-state index is 0.176. The van der Waals surface area contributed by atoms with Crippen molar-refractivity contribution >= 4 is 22.7 Å². The molecule has 2 rings (SSSR count). The molecule has 1 aromatic heterocycles. The number of thioether (sulfide) groups is 1. The fourth-order valence-corrected chi connectivity index (χ4v) is 2.59. The third-order valence-electron chi connectivity index (χ3n) is 3.04. The Balaban J connectivity index is 2.73. The van der Waals surface area contributed by atoms with Crippen LogP contribution in [0.25, 0.3) is 10.9 Å². The van der Waals surface area contributed by atoms with Crippen LogP contribution in [0.5, 0.6) is 0 Å². The molecule has 0 bridgehead atoms. The molecule has 1 heterocycles. The quantitative estimate of drug-likeness (QED) is 0.832. The standard InChI is InChI=1S/C14H17NOS/c1-4-10-5-6-12-13(7-10)15(2)8-11(9-17-3)14(12)16/h5-8H,4,9H2,1-3H3. The van der Waals surface area contributed by atoms with Crippen molar-refractivity contribution in [3.8, 4) is 0 Å². The van der Waals surface area contributed by atoms with E-state index in [4.69, 9.17) is 0 Å². The predicted octanol–water partition coefficient (Wildman–Crippen LogP) is 2.96. The highest BCUT2D eigenvalue weighted by Gasteiger charge is 2.07. The van der Waals surface area contributed by atoms with Crippen LogP contribution >= 0.6 is 11.8 Å². The van der Waals surface area contributed by atoms with Gasteiger partial charge in [0.15, 0.2) is 5.43 Å². The summed E-state index contributed by atoms with van der Waals surface area (Å²) in [6, 6.07) is 6.12. The Morgan fingerprint density at radius 2 is 2.12 bits per heavy atom. The molecule has 0 atom stereocenters. The van der Waals surface area contributed by atoms with Gasteiger partial charge in [-0.2, -0.15) is 11.8 Å². The van der Waals surface area contributed by atoms with Gasteiger partial charge in [-0.05, 0) is 30.4 Å². The number of hydrogen-bond donors (Lipinski definition) is 0. The number of hydrogen-bond acceptors (Lipinski definition) is 2. The molecule has 17 heavy (non-hydrogen) atoms. The van der Waals surface area contributed by atoms with Crippen molar-refractivity contribution in [1.82, 2.24) is 4.57 Å². The molecule has 0 aliphatic rings. The zero-order valence-corrected chi connectivity index (χ0v) is 11.3. The number of aryl methyl sites for hydroxylation is 2. The summed E-state index contributed by atoms with van der Waals surface area (Å²) in [6.07, 6.45) is 4.97. The van der Waals surface area contributed by atoms with Crippen LogP contribution in [0, 0.1) is 0 Å². The normalized spacial score (nSPS) is 11.0. The first kappa shape index (κ1) is 12.2. The Bertz CT molecular complexity index is 601. The molecule has 0 aliphatic carbocycles. The van der Waals surface area contributed by atoms with E-state index in [1.54, 1.807) is 11.8 Å². The number of pyridine rings is 1. The summed E-state index contributed by atoms with van der Waals surface area (Å²) >= 11 is 1.68. The Labute approximate surface area is 106 Å². The van der Waals surface area contributed by atoms with Gasteiger partial charge in [-0.3, -0.25) is 4.79 Å². The average molecular weight is 247 g/mol. The largest absolute Gasteiger partial charge is 0.350 e. The summed E-state index contributed by atoms with van der Waals surface area (Å²) < 4.78 is 2.06. The van der Waals surface area contributed by atoms with Crippen molar-refractivity contribution < 1.29 is 0 Å². The van der Waals surface area contributed by atoms with Crippen LogP contribution < -0.4 is 5.43 Å². The maximum absolute atomic E-state index is 12.2. The molecule has 1 aromatic carbocycles. The molecule has 0 unspecified atom stereocenters. The van der Waals surface area contributed by atoms with Gasteiger partial charge in [0, 0.05) is 29.9 Å². The Morgan fingerprint density at radius 3 is 2.76 bits per heavy atom. The van der Waals surface area contributed by atoms with E-state index in [1.807, 2.05) is 31.6 Å². The second kappa shape index (κ2) is 4.96. The van der Waals surface area contributed by atoms with Crippen molar-refractivity contribution in [1.29, 1.82) is 0 Å². The van der Waals surface area contributed by atoms with E-state index in [1.165, 1.54) is 5.56 Å². The maximum atomic E-state index is 12.2. The van der Waals surface area contributed by atoms with Crippen LogP contribution in [0.15, 0.2) is 29.2 Å². The van der Waals surface area contributed by atoms with Crippen LogP contribution in [0.4, 0.5) is 0 Å². The fourth-order valence-electron chi connectivity index (χ4n) is 2.07. The SMILES string of the molecule is CCc1ccc2c(=O)c(CSC)cn(C)c2c1. The van der Waals surface area contributed by atoms with E-state index in [0.717, 1.165) is 28.6 Å². The average Bonchev–Trinajstić information content (AvgIpc) is 2.35. The van der Waals surface area contributed by atoms with Gasteiger partial charge in [0.1, 0.15) is 0 Å². The minimum absolute atomic E-state index is 0.176. The van der Waals surface area contributed by atoms with Gasteiger partial charge in [0.25, 0.3) is 0 Å². The van der Waals surface area contributed by atoms with Crippen molar-refractivity contribution in [3.63, 3.8) is 0 Å². The third-order valence-corrected chi connectivity index (χ3v) is 3.64. The molecule has 0 radical (unpaired) electrons. The van der Waals surface area contributed by atoms with E-state index in [9.17, 15) is 4.79 Å². The summed E-state index contributed by atoms with van der Waals surface area (Å²) in [5, 5.41) is 0.830. The molecule has 0 saturated heterocycles. The Hall–Kier alpha value is -1.22. The molecule has 90 valence electrons. The van der Waals surface area contributed by atoms with Gasteiger partial charge in [0.05, 0.1) is 5.52 Å². The predicted molar refractivity (Wildman–Crippen MR) is 75.8 cm³/mol. The number of aromatic nitrogens is 1. The lowest BCUT2D eigenvalue weighted by molar-refractivity contribution is 0.934. The molecule has 0 spiro atoms.